The van der Waals surface area contributed by atoms with Crippen molar-refractivity contribution in [3.05, 3.63) is 35.7 Å². The van der Waals surface area contributed by atoms with E-state index in [4.69, 9.17) is 5.84 Å². The van der Waals surface area contributed by atoms with Crippen LogP contribution in [0.4, 0.5) is 18.9 Å². The number of hydrogen-bond acceptors (Lipinski definition) is 5. The SMILES string of the molecule is CC[C@H](C)c1ccccc1NC(=O)[C@@H](C)Sc1nnc(C(F)(F)F)n1N. The van der Waals surface area contributed by atoms with Crippen LogP contribution in [0.5, 0.6) is 0 Å². The molecular weight excluding hydrogens is 367 g/mol. The minimum atomic E-state index is -4.71. The average molecular weight is 387 g/mol. The lowest BCUT2D eigenvalue weighted by Crippen LogP contribution is -2.25. The lowest BCUT2D eigenvalue weighted by molar-refractivity contribution is -0.146. The summed E-state index contributed by atoms with van der Waals surface area (Å²) < 4.78 is 38.5. The van der Waals surface area contributed by atoms with Crippen molar-refractivity contribution in [3.63, 3.8) is 0 Å². The fraction of sp³-hybridized carbons (Fsp3) is 0.438. The smallest absolute Gasteiger partial charge is 0.335 e. The first kappa shape index (κ1) is 20.1. The van der Waals surface area contributed by atoms with Gasteiger partial charge in [0.25, 0.3) is 5.82 Å². The van der Waals surface area contributed by atoms with Gasteiger partial charge in [0.1, 0.15) is 0 Å². The Kier molecular flexibility index (Phi) is 6.17. The zero-order valence-corrected chi connectivity index (χ0v) is 15.4. The standard InChI is InChI=1S/C16H20F3N5OS/c1-4-9(2)11-7-5-6-8-12(11)21-13(25)10(3)26-15-23-22-14(24(15)20)16(17,18)19/h5-10H,4,20H2,1-3H3,(H,21,25)/t9-,10+/m0/s1. The number of para-hydroxylation sites is 1. The summed E-state index contributed by atoms with van der Waals surface area (Å²) >= 11 is 0.807. The van der Waals surface area contributed by atoms with Crippen LogP contribution < -0.4 is 11.2 Å². The van der Waals surface area contributed by atoms with Crippen molar-refractivity contribution in [1.82, 2.24) is 14.9 Å². The molecule has 0 unspecified atom stereocenters. The largest absolute Gasteiger partial charge is 0.453 e. The molecule has 10 heteroatoms. The summed E-state index contributed by atoms with van der Waals surface area (Å²) in [5.41, 5.74) is 1.69. The fourth-order valence-corrected chi connectivity index (χ4v) is 3.03. The molecule has 142 valence electrons. The molecule has 6 nitrogen and oxygen atoms in total. The maximum absolute atomic E-state index is 12.7. The van der Waals surface area contributed by atoms with E-state index in [0.717, 1.165) is 23.7 Å². The molecular formula is C16H20F3N5OS. The van der Waals surface area contributed by atoms with E-state index in [9.17, 15) is 18.0 Å². The number of nitrogens with one attached hydrogen (secondary N) is 1. The third-order valence-electron chi connectivity index (χ3n) is 3.93. The van der Waals surface area contributed by atoms with Crippen LogP contribution in [0.3, 0.4) is 0 Å². The molecule has 0 saturated heterocycles. The van der Waals surface area contributed by atoms with Crippen LogP contribution in [-0.4, -0.2) is 26.0 Å². The van der Waals surface area contributed by atoms with Crippen molar-refractivity contribution in [2.75, 3.05) is 11.2 Å². The number of benzene rings is 1. The van der Waals surface area contributed by atoms with Crippen molar-refractivity contribution in [2.24, 2.45) is 0 Å². The number of nitrogens with two attached hydrogens (primary N) is 1. The molecule has 26 heavy (non-hydrogen) atoms. The van der Waals surface area contributed by atoms with Gasteiger partial charge in [0, 0.05) is 5.69 Å². The molecule has 1 aromatic carbocycles. The van der Waals surface area contributed by atoms with E-state index in [2.05, 4.69) is 22.4 Å². The Hall–Kier alpha value is -2.23. The molecule has 2 rings (SSSR count). The van der Waals surface area contributed by atoms with E-state index in [1.807, 2.05) is 25.1 Å². The first-order chi connectivity index (χ1) is 12.1. The molecule has 0 aliphatic heterocycles. The molecule has 0 radical (unpaired) electrons. The Morgan fingerprint density at radius 3 is 2.54 bits per heavy atom. The number of alkyl halides is 3. The lowest BCUT2D eigenvalue weighted by Gasteiger charge is -2.17. The first-order valence-electron chi connectivity index (χ1n) is 7.99. The summed E-state index contributed by atoms with van der Waals surface area (Å²) in [4.78, 5) is 12.4. The van der Waals surface area contributed by atoms with E-state index in [-0.39, 0.29) is 17.0 Å². The molecule has 3 N–H and O–H groups in total. The molecule has 1 aromatic heterocycles. The van der Waals surface area contributed by atoms with Crippen molar-refractivity contribution < 1.29 is 18.0 Å². The molecule has 0 aliphatic carbocycles. The number of anilines is 1. The van der Waals surface area contributed by atoms with E-state index >= 15 is 0 Å². The highest BCUT2D eigenvalue weighted by Crippen LogP contribution is 2.31. The number of amides is 1. The van der Waals surface area contributed by atoms with Gasteiger partial charge in [-0.15, -0.1) is 10.2 Å². The van der Waals surface area contributed by atoms with Gasteiger partial charge in [0.15, 0.2) is 0 Å². The summed E-state index contributed by atoms with van der Waals surface area (Å²) in [6, 6.07) is 7.44. The number of nitrogens with zero attached hydrogens (tertiary/aromatic N) is 3. The number of carbonyl (C=O) groups is 1. The van der Waals surface area contributed by atoms with Gasteiger partial charge >= 0.3 is 6.18 Å². The molecule has 0 spiro atoms. The monoisotopic (exact) mass is 387 g/mol. The van der Waals surface area contributed by atoms with Crippen molar-refractivity contribution in [1.29, 1.82) is 0 Å². The molecule has 1 heterocycles. The van der Waals surface area contributed by atoms with Crippen LogP contribution in [0.15, 0.2) is 29.4 Å². The minimum absolute atomic E-state index is 0.185. The second kappa shape index (κ2) is 7.98. The maximum atomic E-state index is 12.7. The predicted octanol–water partition coefficient (Wildman–Crippen LogP) is 3.64. The zero-order valence-electron chi connectivity index (χ0n) is 14.5. The summed E-state index contributed by atoms with van der Waals surface area (Å²) in [7, 11) is 0. The molecule has 0 bridgehead atoms. The van der Waals surface area contributed by atoms with E-state index in [1.54, 1.807) is 13.0 Å². The number of hydrogen-bond donors (Lipinski definition) is 2. The van der Waals surface area contributed by atoms with Gasteiger partial charge in [-0.05, 0) is 30.9 Å². The van der Waals surface area contributed by atoms with Crippen LogP contribution in [-0.2, 0) is 11.0 Å². The highest BCUT2D eigenvalue weighted by Gasteiger charge is 2.38. The topological polar surface area (TPSA) is 85.8 Å². The number of nitrogen functional groups attached to an aromatic ring is 1. The van der Waals surface area contributed by atoms with Gasteiger partial charge in [0.2, 0.25) is 11.1 Å². The summed E-state index contributed by atoms with van der Waals surface area (Å²) in [5, 5.41) is 8.39. The van der Waals surface area contributed by atoms with Crippen LogP contribution >= 0.6 is 11.8 Å². The van der Waals surface area contributed by atoms with Gasteiger partial charge in [-0.2, -0.15) is 13.2 Å². The van der Waals surface area contributed by atoms with Crippen molar-refractivity contribution in [3.8, 4) is 0 Å². The number of halogens is 3. The maximum Gasteiger partial charge on any atom is 0.453 e. The fourth-order valence-electron chi connectivity index (χ4n) is 2.26. The molecule has 2 atom stereocenters. The summed E-state index contributed by atoms with van der Waals surface area (Å²) in [6.45, 7) is 5.67. The number of carbonyl (C=O) groups excluding carboxylic acids is 1. The molecule has 2 aromatic rings. The predicted molar refractivity (Wildman–Crippen MR) is 94.3 cm³/mol. The first-order valence-corrected chi connectivity index (χ1v) is 8.87. The highest BCUT2D eigenvalue weighted by atomic mass is 32.2. The number of aromatic nitrogens is 3. The van der Waals surface area contributed by atoms with Gasteiger partial charge in [0.05, 0.1) is 5.25 Å². The van der Waals surface area contributed by atoms with Gasteiger partial charge in [-0.3, -0.25) is 4.79 Å². The Morgan fingerprint density at radius 1 is 1.31 bits per heavy atom. The Bertz CT molecular complexity index is 777. The average Bonchev–Trinajstić information content (AvgIpc) is 2.95. The van der Waals surface area contributed by atoms with Crippen LogP contribution in [0.2, 0.25) is 0 Å². The Morgan fingerprint density at radius 2 is 1.96 bits per heavy atom. The van der Waals surface area contributed by atoms with Crippen molar-refractivity contribution >= 4 is 23.4 Å². The molecule has 0 saturated carbocycles. The van der Waals surface area contributed by atoms with Gasteiger partial charge in [-0.25, -0.2) is 4.68 Å². The van der Waals surface area contributed by atoms with Gasteiger partial charge < -0.3 is 11.2 Å². The van der Waals surface area contributed by atoms with Crippen LogP contribution in [0, 0.1) is 0 Å². The zero-order chi connectivity index (χ0) is 19.5. The van der Waals surface area contributed by atoms with Crippen molar-refractivity contribution in [2.45, 2.75) is 49.7 Å². The molecule has 1 amide bonds. The second-order valence-electron chi connectivity index (χ2n) is 5.82. The van der Waals surface area contributed by atoms with E-state index in [0.29, 0.717) is 10.4 Å². The molecule has 0 fully saturated rings. The number of rotatable bonds is 6. The normalized spacial score (nSPS) is 14.1. The third kappa shape index (κ3) is 4.48. The molecule has 0 aliphatic rings. The quantitative estimate of drug-likeness (QED) is 0.584. The van der Waals surface area contributed by atoms with E-state index < -0.39 is 17.3 Å². The summed E-state index contributed by atoms with van der Waals surface area (Å²) in [6.07, 6.45) is -3.80. The lowest BCUT2D eigenvalue weighted by atomic mass is 9.97. The van der Waals surface area contributed by atoms with Gasteiger partial charge in [-0.1, -0.05) is 43.8 Å². The minimum Gasteiger partial charge on any atom is -0.335 e. The van der Waals surface area contributed by atoms with Crippen LogP contribution in [0.1, 0.15) is 44.5 Å². The third-order valence-corrected chi connectivity index (χ3v) is 4.99. The van der Waals surface area contributed by atoms with Crippen LogP contribution in [0.25, 0.3) is 0 Å². The second-order valence-corrected chi connectivity index (χ2v) is 7.13. The number of thioether (sulfide) groups is 1. The Balaban J connectivity index is 2.11. The highest BCUT2D eigenvalue weighted by molar-refractivity contribution is 8.00. The Labute approximate surface area is 153 Å². The summed E-state index contributed by atoms with van der Waals surface area (Å²) in [5.74, 6) is 3.98. The van der Waals surface area contributed by atoms with E-state index in [1.165, 1.54) is 0 Å².